The van der Waals surface area contributed by atoms with Crippen molar-refractivity contribution in [3.05, 3.63) is 94.5 Å². The fourth-order valence-electron chi connectivity index (χ4n) is 3.98. The average Bonchev–Trinajstić information content (AvgIpc) is 2.80. The van der Waals surface area contributed by atoms with Crippen molar-refractivity contribution in [2.24, 2.45) is 0 Å². The minimum absolute atomic E-state index is 0.127. The molecule has 1 amide bonds. The normalized spacial score (nSPS) is 12.8. The number of nitrogens with one attached hydrogen (secondary N) is 2. The molecule has 3 aromatic rings. The van der Waals surface area contributed by atoms with Crippen LogP contribution in [0.2, 0.25) is 0 Å². The third-order valence-corrected chi connectivity index (χ3v) is 5.86. The van der Waals surface area contributed by atoms with E-state index in [1.807, 2.05) is 38.1 Å². The zero-order valence-electron chi connectivity index (χ0n) is 20.6. The Kier molecular flexibility index (Phi) is 8.83. The van der Waals surface area contributed by atoms with E-state index in [9.17, 15) is 33.3 Å². The van der Waals surface area contributed by atoms with Crippen LogP contribution in [0.4, 0.5) is 13.2 Å². The summed E-state index contributed by atoms with van der Waals surface area (Å²) in [5.41, 5.74) is 1.60. The van der Waals surface area contributed by atoms with E-state index >= 15 is 0 Å². The molecule has 3 aromatic carbocycles. The summed E-state index contributed by atoms with van der Waals surface area (Å²) in [4.78, 5) is 12.4. The molecule has 0 bridgehead atoms. The number of β-amino-alcohol motifs (C(OH)–C–C–N with tert-alkyl or cyclic N) is 1. The Labute approximate surface area is 213 Å². The Morgan fingerprint density at radius 1 is 0.892 bits per heavy atom. The maximum Gasteiger partial charge on any atom is 0.416 e. The molecule has 0 aliphatic heterocycles. The van der Waals surface area contributed by atoms with Crippen molar-refractivity contribution in [1.29, 1.82) is 0 Å². The van der Waals surface area contributed by atoms with E-state index in [4.69, 9.17) is 0 Å². The summed E-state index contributed by atoms with van der Waals surface area (Å²) < 4.78 is 38.1. The van der Waals surface area contributed by atoms with Gasteiger partial charge in [-0.15, -0.1) is 0 Å². The molecule has 0 heterocycles. The van der Waals surface area contributed by atoms with Gasteiger partial charge in [0, 0.05) is 24.7 Å². The number of rotatable bonds is 10. The molecule has 6 nitrogen and oxygen atoms in total. The number of carbonyl (C=O) groups excluding carboxylic acids is 1. The molecule has 0 saturated heterocycles. The first-order valence-corrected chi connectivity index (χ1v) is 11.8. The van der Waals surface area contributed by atoms with Gasteiger partial charge in [-0.25, -0.2) is 0 Å². The van der Waals surface area contributed by atoms with Crippen LogP contribution in [-0.4, -0.2) is 33.3 Å². The van der Waals surface area contributed by atoms with E-state index in [1.54, 1.807) is 0 Å². The zero-order chi connectivity index (χ0) is 27.2. The van der Waals surface area contributed by atoms with E-state index in [1.165, 1.54) is 30.3 Å². The second-order valence-corrected chi connectivity index (χ2v) is 9.71. The van der Waals surface area contributed by atoms with Gasteiger partial charge in [-0.3, -0.25) is 4.79 Å². The highest BCUT2D eigenvalue weighted by Gasteiger charge is 2.29. The molecule has 0 aliphatic carbocycles. The number of carbonyl (C=O) groups is 1. The predicted molar refractivity (Wildman–Crippen MR) is 134 cm³/mol. The highest BCUT2D eigenvalue weighted by molar-refractivity contribution is 5.78. The quantitative estimate of drug-likeness (QED) is 0.271. The fraction of sp³-hybridized carbons (Fsp3) is 0.321. The molecule has 0 spiro atoms. The van der Waals surface area contributed by atoms with Gasteiger partial charge in [-0.1, -0.05) is 36.4 Å². The molecule has 37 heavy (non-hydrogen) atoms. The molecule has 1 atom stereocenters. The SMILES string of the molecule is CC(C)(Cc1cccc(CC(=O)NCc2ccc(C(F)(F)F)cc2)c1)NCC(O)c1cc(O)cc(O)c1. The third-order valence-electron chi connectivity index (χ3n) is 5.86. The summed E-state index contributed by atoms with van der Waals surface area (Å²) in [6, 6.07) is 16.2. The van der Waals surface area contributed by atoms with Crippen LogP contribution in [0.1, 0.15) is 47.8 Å². The van der Waals surface area contributed by atoms with Gasteiger partial charge >= 0.3 is 6.18 Å². The number of halogens is 3. The number of benzene rings is 3. The van der Waals surface area contributed by atoms with Crippen LogP contribution in [0.15, 0.2) is 66.7 Å². The molecular formula is C28H31F3N2O4. The van der Waals surface area contributed by atoms with Gasteiger partial charge in [-0.2, -0.15) is 13.2 Å². The largest absolute Gasteiger partial charge is 0.508 e. The summed E-state index contributed by atoms with van der Waals surface area (Å²) in [6.07, 6.45) is -4.60. The van der Waals surface area contributed by atoms with Gasteiger partial charge in [0.25, 0.3) is 0 Å². The lowest BCUT2D eigenvalue weighted by Gasteiger charge is -2.28. The van der Waals surface area contributed by atoms with E-state index in [-0.39, 0.29) is 36.9 Å². The predicted octanol–water partition coefficient (Wildman–Crippen LogP) is 4.62. The molecule has 0 aromatic heterocycles. The first kappa shape index (κ1) is 28.0. The summed E-state index contributed by atoms with van der Waals surface area (Å²) >= 11 is 0. The Balaban J connectivity index is 1.51. The monoisotopic (exact) mass is 516 g/mol. The summed E-state index contributed by atoms with van der Waals surface area (Å²) in [7, 11) is 0. The number of alkyl halides is 3. The second kappa shape index (κ2) is 11.7. The van der Waals surface area contributed by atoms with Crippen LogP contribution in [-0.2, 0) is 30.4 Å². The molecule has 3 rings (SSSR count). The first-order chi connectivity index (χ1) is 17.3. The van der Waals surface area contributed by atoms with Crippen molar-refractivity contribution in [2.75, 3.05) is 6.54 Å². The Hall–Kier alpha value is -3.56. The fourth-order valence-corrected chi connectivity index (χ4v) is 3.98. The number of amides is 1. The van der Waals surface area contributed by atoms with Crippen LogP contribution in [0, 0.1) is 0 Å². The van der Waals surface area contributed by atoms with E-state index in [2.05, 4.69) is 10.6 Å². The minimum atomic E-state index is -4.40. The Morgan fingerprint density at radius 3 is 2.14 bits per heavy atom. The number of phenols is 2. The van der Waals surface area contributed by atoms with Crippen LogP contribution >= 0.6 is 0 Å². The Morgan fingerprint density at radius 2 is 1.51 bits per heavy atom. The molecule has 5 N–H and O–H groups in total. The van der Waals surface area contributed by atoms with E-state index in [0.29, 0.717) is 17.5 Å². The number of hydrogen-bond donors (Lipinski definition) is 5. The van der Waals surface area contributed by atoms with Crippen LogP contribution < -0.4 is 10.6 Å². The third kappa shape index (κ3) is 8.80. The van der Waals surface area contributed by atoms with Gasteiger partial charge in [0.1, 0.15) is 11.5 Å². The van der Waals surface area contributed by atoms with Crippen molar-refractivity contribution >= 4 is 5.91 Å². The Bertz CT molecular complexity index is 1190. The highest BCUT2D eigenvalue weighted by Crippen LogP contribution is 2.29. The second-order valence-electron chi connectivity index (χ2n) is 9.71. The summed E-state index contributed by atoms with van der Waals surface area (Å²) in [5.74, 6) is -0.506. The molecule has 198 valence electrons. The lowest BCUT2D eigenvalue weighted by molar-refractivity contribution is -0.137. The van der Waals surface area contributed by atoms with Crippen molar-refractivity contribution < 1.29 is 33.3 Å². The lowest BCUT2D eigenvalue weighted by atomic mass is 9.93. The van der Waals surface area contributed by atoms with E-state index in [0.717, 1.165) is 23.3 Å². The van der Waals surface area contributed by atoms with Crippen molar-refractivity contribution in [3.63, 3.8) is 0 Å². The number of hydrogen-bond acceptors (Lipinski definition) is 5. The van der Waals surface area contributed by atoms with Gasteiger partial charge in [0.2, 0.25) is 5.91 Å². The molecular weight excluding hydrogens is 485 g/mol. The molecule has 0 fully saturated rings. The zero-order valence-corrected chi connectivity index (χ0v) is 20.6. The molecule has 1 unspecified atom stereocenters. The van der Waals surface area contributed by atoms with Crippen LogP contribution in [0.5, 0.6) is 11.5 Å². The van der Waals surface area contributed by atoms with Gasteiger partial charge < -0.3 is 26.0 Å². The maximum absolute atomic E-state index is 12.7. The molecule has 0 aliphatic rings. The van der Waals surface area contributed by atoms with Gasteiger partial charge in [0.15, 0.2) is 0 Å². The lowest BCUT2D eigenvalue weighted by Crippen LogP contribution is -2.43. The smallest absolute Gasteiger partial charge is 0.416 e. The summed E-state index contributed by atoms with van der Waals surface area (Å²) in [6.45, 7) is 4.28. The van der Waals surface area contributed by atoms with Crippen molar-refractivity contribution in [3.8, 4) is 11.5 Å². The number of aliphatic hydroxyl groups excluding tert-OH is 1. The summed E-state index contributed by atoms with van der Waals surface area (Å²) in [5, 5.41) is 35.7. The van der Waals surface area contributed by atoms with Crippen LogP contribution in [0.25, 0.3) is 0 Å². The van der Waals surface area contributed by atoms with Crippen molar-refractivity contribution in [1.82, 2.24) is 10.6 Å². The highest BCUT2D eigenvalue weighted by atomic mass is 19.4. The van der Waals surface area contributed by atoms with Gasteiger partial charge in [0.05, 0.1) is 18.1 Å². The number of aromatic hydroxyl groups is 2. The maximum atomic E-state index is 12.7. The molecule has 9 heteroatoms. The topological polar surface area (TPSA) is 102 Å². The van der Waals surface area contributed by atoms with E-state index < -0.39 is 23.4 Å². The first-order valence-electron chi connectivity index (χ1n) is 11.8. The van der Waals surface area contributed by atoms with Gasteiger partial charge in [-0.05, 0) is 66.8 Å². The van der Waals surface area contributed by atoms with Crippen LogP contribution in [0.3, 0.4) is 0 Å². The number of aliphatic hydroxyl groups is 1. The standard InChI is InChI=1S/C28H31F3N2O4/c1-27(2,33-17-25(36)21-12-23(34)14-24(35)13-21)15-20-5-3-4-19(10-20)11-26(37)32-16-18-6-8-22(9-7-18)28(29,30)31/h3-10,12-14,25,33-36H,11,15-17H2,1-2H3,(H,32,37). The average molecular weight is 517 g/mol. The number of phenolic OH excluding ortho intramolecular Hbond substituents is 2. The van der Waals surface area contributed by atoms with Crippen molar-refractivity contribution in [2.45, 2.75) is 51.1 Å². The molecule has 0 radical (unpaired) electrons. The minimum Gasteiger partial charge on any atom is -0.508 e. The molecule has 0 saturated carbocycles.